The summed E-state index contributed by atoms with van der Waals surface area (Å²) < 4.78 is 34.7. The van der Waals surface area contributed by atoms with Gasteiger partial charge in [-0.2, -0.15) is 8.78 Å². The number of halogens is 2. The summed E-state index contributed by atoms with van der Waals surface area (Å²) >= 11 is 0. The van der Waals surface area contributed by atoms with Crippen LogP contribution in [0.1, 0.15) is 38.7 Å². The van der Waals surface area contributed by atoms with Crippen molar-refractivity contribution < 1.29 is 23.0 Å². The quantitative estimate of drug-likeness (QED) is 0.609. The number of nitrogens with zero attached hydrogens (tertiary/aromatic N) is 1. The summed E-state index contributed by atoms with van der Waals surface area (Å²) in [5.74, 6) is 0.396. The highest BCUT2D eigenvalue weighted by Gasteiger charge is 2.14. The summed E-state index contributed by atoms with van der Waals surface area (Å²) in [5.41, 5.74) is 0.668. The number of ether oxygens (including phenoxy) is 2. The molecule has 0 saturated carbocycles. The lowest BCUT2D eigenvalue weighted by Crippen LogP contribution is -2.37. The Bertz CT molecular complexity index is 647. The number of hydrogen-bond donors (Lipinski definition) is 1. The number of piperidine rings is 1. The van der Waals surface area contributed by atoms with Crippen LogP contribution in [0.5, 0.6) is 11.5 Å². The molecule has 1 unspecified atom stereocenters. The number of rotatable bonds is 10. The third kappa shape index (κ3) is 7.84. The number of amides is 1. The molecule has 1 saturated heterocycles. The van der Waals surface area contributed by atoms with Gasteiger partial charge in [0.25, 0.3) is 0 Å². The molecule has 28 heavy (non-hydrogen) atoms. The van der Waals surface area contributed by atoms with Gasteiger partial charge in [-0.15, -0.1) is 0 Å². The van der Waals surface area contributed by atoms with Gasteiger partial charge in [0.2, 0.25) is 5.91 Å². The Morgan fingerprint density at radius 1 is 1.25 bits per heavy atom. The Morgan fingerprint density at radius 2 is 2.00 bits per heavy atom. The summed E-state index contributed by atoms with van der Waals surface area (Å²) in [5, 5.41) is 2.91. The molecule has 1 N–H and O–H groups in total. The van der Waals surface area contributed by atoms with Gasteiger partial charge in [0, 0.05) is 19.2 Å². The predicted molar refractivity (Wildman–Crippen MR) is 106 cm³/mol. The second-order valence-corrected chi connectivity index (χ2v) is 7.06. The van der Waals surface area contributed by atoms with Crippen LogP contribution in [-0.2, 0) is 4.79 Å². The molecule has 0 aliphatic carbocycles. The molecule has 1 amide bonds. The van der Waals surface area contributed by atoms with E-state index in [-0.39, 0.29) is 17.4 Å². The molecule has 1 aromatic carbocycles. The average Bonchev–Trinajstić information content (AvgIpc) is 2.67. The Balaban J connectivity index is 1.84. The number of nitrogens with one attached hydrogen (secondary N) is 1. The highest BCUT2D eigenvalue weighted by atomic mass is 19.3. The minimum atomic E-state index is -2.92. The molecule has 1 fully saturated rings. The van der Waals surface area contributed by atoms with Gasteiger partial charge in [0.1, 0.15) is 0 Å². The largest absolute Gasteiger partial charge is 0.490 e. The van der Waals surface area contributed by atoms with Crippen molar-refractivity contribution in [3.8, 4) is 11.5 Å². The van der Waals surface area contributed by atoms with Gasteiger partial charge in [-0.1, -0.05) is 19.4 Å². The van der Waals surface area contributed by atoms with Gasteiger partial charge in [0.15, 0.2) is 11.5 Å². The zero-order chi connectivity index (χ0) is 20.4. The van der Waals surface area contributed by atoms with E-state index >= 15 is 0 Å². The monoisotopic (exact) mass is 396 g/mol. The fraction of sp³-hybridized carbons (Fsp3) is 0.571. The minimum absolute atomic E-state index is 0.0232. The van der Waals surface area contributed by atoms with E-state index < -0.39 is 6.61 Å². The topological polar surface area (TPSA) is 50.8 Å². The fourth-order valence-corrected chi connectivity index (χ4v) is 3.24. The Labute approximate surface area is 165 Å². The smallest absolute Gasteiger partial charge is 0.387 e. The number of alkyl halides is 2. The molecule has 156 valence electrons. The van der Waals surface area contributed by atoms with Crippen molar-refractivity contribution in [2.24, 2.45) is 5.92 Å². The van der Waals surface area contributed by atoms with E-state index in [0.29, 0.717) is 24.6 Å². The normalized spacial score (nSPS) is 16.3. The summed E-state index contributed by atoms with van der Waals surface area (Å²) in [6.07, 6.45) is 6.89. The first-order chi connectivity index (χ1) is 13.5. The summed E-state index contributed by atoms with van der Waals surface area (Å²) in [7, 11) is 0. The molecule has 0 spiro atoms. The maximum atomic E-state index is 12.4. The molecule has 1 aromatic rings. The maximum Gasteiger partial charge on any atom is 0.387 e. The van der Waals surface area contributed by atoms with E-state index in [1.807, 2.05) is 0 Å². The third-order valence-electron chi connectivity index (χ3n) is 4.55. The van der Waals surface area contributed by atoms with Gasteiger partial charge in [-0.25, -0.2) is 0 Å². The number of benzene rings is 1. The number of hydrogen-bond acceptors (Lipinski definition) is 4. The average molecular weight is 396 g/mol. The Morgan fingerprint density at radius 3 is 2.68 bits per heavy atom. The van der Waals surface area contributed by atoms with E-state index in [4.69, 9.17) is 4.74 Å². The lowest BCUT2D eigenvalue weighted by molar-refractivity contribution is -0.116. The van der Waals surface area contributed by atoms with E-state index in [1.165, 1.54) is 31.4 Å². The third-order valence-corrected chi connectivity index (χ3v) is 4.55. The molecule has 1 aliphatic heterocycles. The molecule has 1 aliphatic rings. The van der Waals surface area contributed by atoms with Crippen LogP contribution in [0.15, 0.2) is 24.3 Å². The van der Waals surface area contributed by atoms with Crippen LogP contribution >= 0.6 is 0 Å². The number of carbonyl (C=O) groups excluding carboxylic acids is 1. The van der Waals surface area contributed by atoms with Crippen molar-refractivity contribution in [3.05, 3.63) is 29.8 Å². The van der Waals surface area contributed by atoms with Crippen molar-refractivity contribution in [1.29, 1.82) is 0 Å². The van der Waals surface area contributed by atoms with Crippen molar-refractivity contribution in [1.82, 2.24) is 10.2 Å². The van der Waals surface area contributed by atoms with Crippen molar-refractivity contribution in [3.63, 3.8) is 0 Å². The molecular weight excluding hydrogens is 366 g/mol. The van der Waals surface area contributed by atoms with Crippen molar-refractivity contribution >= 4 is 12.0 Å². The Hall–Kier alpha value is -2.15. The molecular formula is C21H30F2N2O3. The van der Waals surface area contributed by atoms with Crippen molar-refractivity contribution in [2.75, 3.05) is 32.8 Å². The first kappa shape index (κ1) is 22.1. The zero-order valence-corrected chi connectivity index (χ0v) is 16.6. The number of carbonyl (C=O) groups is 1. The zero-order valence-electron chi connectivity index (χ0n) is 16.6. The Kier molecular flexibility index (Phi) is 9.20. The van der Waals surface area contributed by atoms with Crippen molar-refractivity contribution in [2.45, 2.75) is 39.7 Å². The fourth-order valence-electron chi connectivity index (χ4n) is 3.24. The number of likely N-dealkylation sites (tertiary alicyclic amines) is 1. The van der Waals surface area contributed by atoms with Crippen LogP contribution in [0, 0.1) is 5.92 Å². The highest BCUT2D eigenvalue weighted by molar-refractivity contribution is 5.91. The lowest BCUT2D eigenvalue weighted by Gasteiger charge is -2.29. The van der Waals surface area contributed by atoms with Gasteiger partial charge in [-0.3, -0.25) is 4.79 Å². The first-order valence-electron chi connectivity index (χ1n) is 9.88. The van der Waals surface area contributed by atoms with Crippen LogP contribution in [-0.4, -0.2) is 50.2 Å². The molecule has 1 atom stereocenters. The van der Waals surface area contributed by atoms with Gasteiger partial charge >= 0.3 is 6.61 Å². The van der Waals surface area contributed by atoms with E-state index in [9.17, 15) is 13.6 Å². The molecule has 7 heteroatoms. The lowest BCUT2D eigenvalue weighted by atomic mass is 10.1. The molecule has 2 rings (SSSR count). The predicted octanol–water partition coefficient (Wildman–Crippen LogP) is 3.94. The molecule has 0 bridgehead atoms. The molecule has 0 aromatic heterocycles. The van der Waals surface area contributed by atoms with Crippen LogP contribution in [0.4, 0.5) is 8.78 Å². The van der Waals surface area contributed by atoms with Crippen LogP contribution in [0.3, 0.4) is 0 Å². The standard InChI is InChI=1S/C21H30F2N2O3/c1-3-27-19-13-17(7-9-18(19)28-21(22)23)8-10-20(26)24-14-16(2)15-25-11-5-4-6-12-25/h7-10,13,16,21H,3-6,11-12,14-15H2,1-2H3,(H,24,26)/b10-8-. The molecule has 5 nitrogen and oxygen atoms in total. The highest BCUT2D eigenvalue weighted by Crippen LogP contribution is 2.30. The van der Waals surface area contributed by atoms with Gasteiger partial charge in [-0.05, 0) is 62.5 Å². The van der Waals surface area contributed by atoms with Crippen LogP contribution < -0.4 is 14.8 Å². The van der Waals surface area contributed by atoms with Gasteiger partial charge in [0.05, 0.1) is 6.61 Å². The SMILES string of the molecule is CCOc1cc(/C=C\C(=O)NCC(C)CN2CCCCC2)ccc1OC(F)F. The second-order valence-electron chi connectivity index (χ2n) is 7.06. The molecule has 1 heterocycles. The first-order valence-corrected chi connectivity index (χ1v) is 9.88. The van der Waals surface area contributed by atoms with Gasteiger partial charge < -0.3 is 19.7 Å². The van der Waals surface area contributed by atoms with E-state index in [1.54, 1.807) is 25.1 Å². The molecule has 0 radical (unpaired) electrons. The van der Waals surface area contributed by atoms with Crippen LogP contribution in [0.2, 0.25) is 0 Å². The van der Waals surface area contributed by atoms with E-state index in [2.05, 4.69) is 21.9 Å². The minimum Gasteiger partial charge on any atom is -0.490 e. The summed E-state index contributed by atoms with van der Waals surface area (Å²) in [4.78, 5) is 14.5. The summed E-state index contributed by atoms with van der Waals surface area (Å²) in [6.45, 7) is 5.19. The van der Waals surface area contributed by atoms with Crippen LogP contribution in [0.25, 0.3) is 6.08 Å². The second kappa shape index (κ2) is 11.6. The summed E-state index contributed by atoms with van der Waals surface area (Å²) in [6, 6.07) is 4.59. The maximum absolute atomic E-state index is 12.4. The van der Waals surface area contributed by atoms with E-state index in [0.717, 1.165) is 19.6 Å².